The molecule has 0 saturated heterocycles. The van der Waals surface area contributed by atoms with E-state index in [0.29, 0.717) is 11.7 Å². The third-order valence-electron chi connectivity index (χ3n) is 2.92. The molecule has 0 fully saturated rings. The van der Waals surface area contributed by atoms with Crippen LogP contribution >= 0.6 is 0 Å². The maximum atomic E-state index is 5.64. The molecule has 0 spiro atoms. The molecule has 2 N–H and O–H groups in total. The Kier molecular flexibility index (Phi) is 2.58. The highest BCUT2D eigenvalue weighted by Gasteiger charge is 2.04. The van der Waals surface area contributed by atoms with Crippen molar-refractivity contribution >= 4 is 16.7 Å². The lowest BCUT2D eigenvalue weighted by Crippen LogP contribution is -1.93. The van der Waals surface area contributed by atoms with Crippen molar-refractivity contribution in [3.8, 4) is 0 Å². The second kappa shape index (κ2) is 3.89. The average Bonchev–Trinajstić information content (AvgIpc) is 2.27. The fraction of sp³-hybridized carbons (Fsp3) is 0.308. The molecule has 1 unspecified atom stereocenters. The van der Waals surface area contributed by atoms with Gasteiger partial charge in [-0.1, -0.05) is 19.9 Å². The molecular weight excluding hydrogens is 184 g/mol. The number of nitrogen functional groups attached to an aromatic ring is 1. The van der Waals surface area contributed by atoms with Crippen LogP contribution in [0.5, 0.6) is 0 Å². The van der Waals surface area contributed by atoms with Crippen molar-refractivity contribution in [2.45, 2.75) is 26.2 Å². The molecule has 0 aliphatic heterocycles. The van der Waals surface area contributed by atoms with E-state index >= 15 is 0 Å². The van der Waals surface area contributed by atoms with Gasteiger partial charge in [0.15, 0.2) is 0 Å². The van der Waals surface area contributed by atoms with E-state index in [0.717, 1.165) is 11.9 Å². The number of hydrogen-bond acceptors (Lipinski definition) is 2. The van der Waals surface area contributed by atoms with Crippen LogP contribution in [0.25, 0.3) is 10.9 Å². The van der Waals surface area contributed by atoms with Crippen LogP contribution in [0.1, 0.15) is 31.7 Å². The van der Waals surface area contributed by atoms with Crippen molar-refractivity contribution in [2.24, 2.45) is 0 Å². The van der Waals surface area contributed by atoms with Crippen LogP contribution in [0.15, 0.2) is 30.3 Å². The van der Waals surface area contributed by atoms with Crippen LogP contribution in [0.3, 0.4) is 0 Å². The molecule has 0 aliphatic carbocycles. The highest BCUT2D eigenvalue weighted by Crippen LogP contribution is 2.23. The van der Waals surface area contributed by atoms with E-state index in [1.165, 1.54) is 10.9 Å². The van der Waals surface area contributed by atoms with E-state index in [9.17, 15) is 0 Å². The molecule has 0 amide bonds. The zero-order chi connectivity index (χ0) is 10.8. The van der Waals surface area contributed by atoms with Gasteiger partial charge in [-0.3, -0.25) is 0 Å². The van der Waals surface area contributed by atoms with Gasteiger partial charge in [-0.15, -0.1) is 0 Å². The van der Waals surface area contributed by atoms with Gasteiger partial charge in [0.05, 0.1) is 5.52 Å². The van der Waals surface area contributed by atoms with Crippen LogP contribution in [0.2, 0.25) is 0 Å². The molecular formula is C13H16N2. The molecule has 78 valence electrons. The van der Waals surface area contributed by atoms with E-state index in [-0.39, 0.29) is 0 Å². The largest absolute Gasteiger partial charge is 0.384 e. The quantitative estimate of drug-likeness (QED) is 0.807. The number of nitrogens with zero attached hydrogens (tertiary/aromatic N) is 1. The topological polar surface area (TPSA) is 38.9 Å². The third-order valence-corrected chi connectivity index (χ3v) is 2.92. The predicted octanol–water partition coefficient (Wildman–Crippen LogP) is 3.33. The molecule has 0 saturated carbocycles. The van der Waals surface area contributed by atoms with Crippen molar-refractivity contribution in [1.29, 1.82) is 0 Å². The molecule has 0 radical (unpaired) electrons. The van der Waals surface area contributed by atoms with Gasteiger partial charge in [-0.2, -0.15) is 0 Å². The highest BCUT2D eigenvalue weighted by molar-refractivity contribution is 5.80. The van der Waals surface area contributed by atoms with Crippen LogP contribution < -0.4 is 5.73 Å². The van der Waals surface area contributed by atoms with Crippen LogP contribution in [-0.4, -0.2) is 4.98 Å². The van der Waals surface area contributed by atoms with E-state index < -0.39 is 0 Å². The Labute approximate surface area is 90.1 Å². The fourth-order valence-electron chi connectivity index (χ4n) is 1.70. The molecule has 1 atom stereocenters. The fourth-order valence-corrected chi connectivity index (χ4v) is 1.70. The SMILES string of the molecule is CCC(C)c1ccc2nc(N)ccc2c1. The van der Waals surface area contributed by atoms with Crippen molar-refractivity contribution in [1.82, 2.24) is 4.98 Å². The number of fused-ring (bicyclic) bond motifs is 1. The molecule has 2 rings (SSSR count). The number of anilines is 1. The van der Waals surface area contributed by atoms with Gasteiger partial charge in [0, 0.05) is 5.39 Å². The Morgan fingerprint density at radius 3 is 2.80 bits per heavy atom. The molecule has 1 heterocycles. The van der Waals surface area contributed by atoms with Crippen LogP contribution in [-0.2, 0) is 0 Å². The lowest BCUT2D eigenvalue weighted by atomic mass is 9.97. The Hall–Kier alpha value is -1.57. The molecule has 2 nitrogen and oxygen atoms in total. The first-order valence-electron chi connectivity index (χ1n) is 5.37. The van der Waals surface area contributed by atoms with E-state index in [2.05, 4.69) is 31.0 Å². The number of pyridine rings is 1. The minimum atomic E-state index is 0.582. The van der Waals surface area contributed by atoms with Crippen molar-refractivity contribution in [2.75, 3.05) is 5.73 Å². The molecule has 0 bridgehead atoms. The summed E-state index contributed by atoms with van der Waals surface area (Å²) in [5, 5.41) is 1.17. The maximum absolute atomic E-state index is 5.64. The van der Waals surface area contributed by atoms with Crippen molar-refractivity contribution in [3.63, 3.8) is 0 Å². The number of hydrogen-bond donors (Lipinski definition) is 1. The predicted molar refractivity (Wildman–Crippen MR) is 64.9 cm³/mol. The second-order valence-electron chi connectivity index (χ2n) is 4.00. The first-order valence-corrected chi connectivity index (χ1v) is 5.37. The molecule has 1 aromatic heterocycles. The standard InChI is InChI=1S/C13H16N2/c1-3-9(2)10-4-6-12-11(8-10)5-7-13(14)15-12/h4-9H,3H2,1-2H3,(H2,14,15). The summed E-state index contributed by atoms with van der Waals surface area (Å²) in [6.45, 7) is 4.45. The summed E-state index contributed by atoms with van der Waals surface area (Å²) < 4.78 is 0. The van der Waals surface area contributed by atoms with E-state index in [1.807, 2.05) is 18.2 Å². The maximum Gasteiger partial charge on any atom is 0.124 e. The average molecular weight is 200 g/mol. The molecule has 0 aliphatic rings. The summed E-state index contributed by atoms with van der Waals surface area (Å²) in [5.41, 5.74) is 7.98. The Morgan fingerprint density at radius 2 is 2.07 bits per heavy atom. The van der Waals surface area contributed by atoms with Crippen LogP contribution in [0.4, 0.5) is 5.82 Å². The zero-order valence-electron chi connectivity index (χ0n) is 9.20. The third kappa shape index (κ3) is 1.94. The second-order valence-corrected chi connectivity index (χ2v) is 4.00. The lowest BCUT2D eigenvalue weighted by Gasteiger charge is -2.09. The lowest BCUT2D eigenvalue weighted by molar-refractivity contribution is 0.734. The molecule has 2 aromatic rings. The summed E-state index contributed by atoms with van der Waals surface area (Å²) in [5.74, 6) is 1.19. The van der Waals surface area contributed by atoms with Gasteiger partial charge in [0.2, 0.25) is 0 Å². The monoisotopic (exact) mass is 200 g/mol. The highest BCUT2D eigenvalue weighted by atomic mass is 14.8. The summed E-state index contributed by atoms with van der Waals surface area (Å²) >= 11 is 0. The van der Waals surface area contributed by atoms with E-state index in [1.54, 1.807) is 0 Å². The smallest absolute Gasteiger partial charge is 0.124 e. The van der Waals surface area contributed by atoms with Gasteiger partial charge in [0.25, 0.3) is 0 Å². The first-order chi connectivity index (χ1) is 7.20. The van der Waals surface area contributed by atoms with E-state index in [4.69, 9.17) is 5.73 Å². The number of nitrogens with two attached hydrogens (primary N) is 1. The normalized spacial score (nSPS) is 12.9. The van der Waals surface area contributed by atoms with Gasteiger partial charge in [0.1, 0.15) is 5.82 Å². The Balaban J connectivity index is 2.52. The van der Waals surface area contributed by atoms with Gasteiger partial charge >= 0.3 is 0 Å². The number of rotatable bonds is 2. The molecule has 2 heteroatoms. The van der Waals surface area contributed by atoms with Gasteiger partial charge in [-0.05, 0) is 42.2 Å². The number of aromatic nitrogens is 1. The Morgan fingerprint density at radius 1 is 1.27 bits per heavy atom. The molecule has 15 heavy (non-hydrogen) atoms. The minimum Gasteiger partial charge on any atom is -0.384 e. The Bertz CT molecular complexity index is 477. The molecule has 1 aromatic carbocycles. The minimum absolute atomic E-state index is 0.582. The van der Waals surface area contributed by atoms with Gasteiger partial charge in [-0.25, -0.2) is 4.98 Å². The first kappa shape index (κ1) is 9.97. The zero-order valence-corrected chi connectivity index (χ0v) is 9.20. The number of benzene rings is 1. The van der Waals surface area contributed by atoms with Crippen molar-refractivity contribution < 1.29 is 0 Å². The van der Waals surface area contributed by atoms with Crippen LogP contribution in [0, 0.1) is 0 Å². The summed E-state index contributed by atoms with van der Waals surface area (Å²) in [6.07, 6.45) is 1.16. The summed E-state index contributed by atoms with van der Waals surface area (Å²) in [4.78, 5) is 4.28. The van der Waals surface area contributed by atoms with Gasteiger partial charge < -0.3 is 5.73 Å². The summed E-state index contributed by atoms with van der Waals surface area (Å²) in [7, 11) is 0. The van der Waals surface area contributed by atoms with Crippen molar-refractivity contribution in [3.05, 3.63) is 35.9 Å². The summed E-state index contributed by atoms with van der Waals surface area (Å²) in [6, 6.07) is 10.3.